The van der Waals surface area contributed by atoms with Crippen molar-refractivity contribution in [2.24, 2.45) is 0 Å². The van der Waals surface area contributed by atoms with E-state index in [4.69, 9.17) is 0 Å². The second-order valence-corrected chi connectivity index (χ2v) is 3.62. The van der Waals surface area contributed by atoms with E-state index in [0.29, 0.717) is 0 Å². The number of rotatable bonds is 5. The third-order valence-corrected chi connectivity index (χ3v) is 2.37. The number of esters is 1. The largest absolute Gasteiger partial charge is 0.468 e. The van der Waals surface area contributed by atoms with Gasteiger partial charge >= 0.3 is 5.97 Å². The SMILES string of the molecule is COC(=O)CN(C)c1ccc([N+](=O)[O-])cc1[N+](=O)[O-]. The van der Waals surface area contributed by atoms with Crippen molar-refractivity contribution in [2.75, 3.05) is 25.6 Å². The highest BCUT2D eigenvalue weighted by Gasteiger charge is 2.22. The zero-order valence-corrected chi connectivity index (χ0v) is 10.2. The van der Waals surface area contributed by atoms with Crippen LogP contribution in [0.2, 0.25) is 0 Å². The van der Waals surface area contributed by atoms with Gasteiger partial charge < -0.3 is 9.64 Å². The van der Waals surface area contributed by atoms with Crippen molar-refractivity contribution in [3.05, 3.63) is 38.4 Å². The lowest BCUT2D eigenvalue weighted by Crippen LogP contribution is -2.26. The van der Waals surface area contributed by atoms with Crippen LogP contribution < -0.4 is 4.90 Å². The van der Waals surface area contributed by atoms with E-state index in [-0.39, 0.29) is 17.9 Å². The van der Waals surface area contributed by atoms with Gasteiger partial charge in [0.1, 0.15) is 12.2 Å². The van der Waals surface area contributed by atoms with Crippen LogP contribution in [0.4, 0.5) is 17.1 Å². The molecular formula is C10H11N3O6. The fourth-order valence-electron chi connectivity index (χ4n) is 1.44. The summed E-state index contributed by atoms with van der Waals surface area (Å²) in [5.41, 5.74) is -0.733. The number of anilines is 1. The summed E-state index contributed by atoms with van der Waals surface area (Å²) in [6.45, 7) is -0.199. The Kier molecular flexibility index (Phi) is 4.35. The van der Waals surface area contributed by atoms with E-state index in [1.54, 1.807) is 0 Å². The number of non-ortho nitro benzene ring substituents is 1. The van der Waals surface area contributed by atoms with Gasteiger partial charge in [-0.15, -0.1) is 0 Å². The predicted octanol–water partition coefficient (Wildman–Crippen LogP) is 1.11. The molecule has 0 fully saturated rings. The van der Waals surface area contributed by atoms with E-state index < -0.39 is 21.5 Å². The molecule has 9 heteroatoms. The molecule has 102 valence electrons. The number of benzene rings is 1. The molecule has 1 rings (SSSR count). The van der Waals surface area contributed by atoms with Gasteiger partial charge in [0.25, 0.3) is 11.4 Å². The summed E-state index contributed by atoms with van der Waals surface area (Å²) in [4.78, 5) is 32.4. The van der Waals surface area contributed by atoms with Crippen LogP contribution in [-0.2, 0) is 9.53 Å². The molecule has 0 aliphatic heterocycles. The van der Waals surface area contributed by atoms with Crippen molar-refractivity contribution in [3.63, 3.8) is 0 Å². The predicted molar refractivity (Wildman–Crippen MR) is 65.0 cm³/mol. The Hall–Kier alpha value is -2.71. The summed E-state index contributed by atoms with van der Waals surface area (Å²) in [5, 5.41) is 21.5. The Morgan fingerprint density at radius 2 is 1.95 bits per heavy atom. The van der Waals surface area contributed by atoms with Crippen molar-refractivity contribution < 1.29 is 19.4 Å². The number of nitro groups is 2. The topological polar surface area (TPSA) is 116 Å². The smallest absolute Gasteiger partial charge is 0.325 e. The van der Waals surface area contributed by atoms with Gasteiger partial charge in [0.05, 0.1) is 23.0 Å². The molecule has 1 aromatic carbocycles. The van der Waals surface area contributed by atoms with Crippen LogP contribution in [0.3, 0.4) is 0 Å². The minimum absolute atomic E-state index is 0.0981. The number of carbonyl (C=O) groups excluding carboxylic acids is 1. The second kappa shape index (κ2) is 5.76. The fraction of sp³-hybridized carbons (Fsp3) is 0.300. The van der Waals surface area contributed by atoms with E-state index in [0.717, 1.165) is 12.1 Å². The highest BCUT2D eigenvalue weighted by Crippen LogP contribution is 2.31. The minimum Gasteiger partial charge on any atom is -0.468 e. The quantitative estimate of drug-likeness (QED) is 0.446. The van der Waals surface area contributed by atoms with Crippen molar-refractivity contribution in [1.82, 2.24) is 0 Å². The van der Waals surface area contributed by atoms with Crippen molar-refractivity contribution in [1.29, 1.82) is 0 Å². The zero-order chi connectivity index (χ0) is 14.6. The number of carbonyl (C=O) groups is 1. The van der Waals surface area contributed by atoms with Gasteiger partial charge in [-0.1, -0.05) is 0 Å². The van der Waals surface area contributed by atoms with Crippen LogP contribution in [0.1, 0.15) is 0 Å². The first-order valence-electron chi connectivity index (χ1n) is 5.07. The van der Waals surface area contributed by atoms with Crippen LogP contribution >= 0.6 is 0 Å². The molecule has 0 atom stereocenters. The number of methoxy groups -OCH3 is 1. The summed E-state index contributed by atoms with van der Waals surface area (Å²) < 4.78 is 4.45. The fourth-order valence-corrected chi connectivity index (χ4v) is 1.44. The summed E-state index contributed by atoms with van der Waals surface area (Å²) in [6, 6.07) is 3.21. The van der Waals surface area contributed by atoms with Crippen LogP contribution in [-0.4, -0.2) is 36.5 Å². The molecule has 19 heavy (non-hydrogen) atoms. The maximum atomic E-state index is 11.1. The normalized spacial score (nSPS) is 9.79. The van der Waals surface area contributed by atoms with Crippen molar-refractivity contribution in [3.8, 4) is 0 Å². The van der Waals surface area contributed by atoms with Gasteiger partial charge in [-0.2, -0.15) is 0 Å². The number of hydrogen-bond acceptors (Lipinski definition) is 7. The number of nitro benzene ring substituents is 2. The molecule has 9 nitrogen and oxygen atoms in total. The highest BCUT2D eigenvalue weighted by molar-refractivity contribution is 5.78. The summed E-state index contributed by atoms with van der Waals surface area (Å²) in [7, 11) is 2.64. The van der Waals surface area contributed by atoms with Gasteiger partial charge in [0, 0.05) is 13.1 Å². The van der Waals surface area contributed by atoms with Crippen molar-refractivity contribution in [2.45, 2.75) is 0 Å². The minimum atomic E-state index is -0.740. The van der Waals surface area contributed by atoms with Gasteiger partial charge in [-0.25, -0.2) is 0 Å². The van der Waals surface area contributed by atoms with Crippen LogP contribution in [0.25, 0.3) is 0 Å². The number of hydrogen-bond donors (Lipinski definition) is 0. The molecule has 0 heterocycles. The first-order valence-corrected chi connectivity index (χ1v) is 5.07. The molecule has 1 aromatic rings. The molecule has 0 aliphatic carbocycles. The van der Waals surface area contributed by atoms with Crippen LogP contribution in [0.5, 0.6) is 0 Å². The van der Waals surface area contributed by atoms with E-state index >= 15 is 0 Å². The standard InChI is InChI=1S/C10H11N3O6/c1-11(6-10(14)19-2)8-4-3-7(12(15)16)5-9(8)13(17)18/h3-5H,6H2,1-2H3. The Balaban J connectivity index is 3.16. The second-order valence-electron chi connectivity index (χ2n) is 3.62. The molecule has 0 unspecified atom stereocenters. The van der Waals surface area contributed by atoms with Crippen LogP contribution in [0, 0.1) is 20.2 Å². The lowest BCUT2D eigenvalue weighted by Gasteiger charge is -2.17. The Bertz CT molecular complexity index is 530. The van der Waals surface area contributed by atoms with Gasteiger partial charge in [-0.05, 0) is 6.07 Å². The van der Waals surface area contributed by atoms with E-state index in [2.05, 4.69) is 4.74 Å². The lowest BCUT2D eigenvalue weighted by atomic mass is 10.2. The Morgan fingerprint density at radius 1 is 1.32 bits per heavy atom. The number of nitrogens with zero attached hydrogens (tertiary/aromatic N) is 3. The molecule has 0 N–H and O–H groups in total. The summed E-state index contributed by atoms with van der Waals surface area (Å²) >= 11 is 0. The molecule has 0 spiro atoms. The zero-order valence-electron chi connectivity index (χ0n) is 10.2. The van der Waals surface area contributed by atoms with Gasteiger partial charge in [0.15, 0.2) is 0 Å². The Morgan fingerprint density at radius 3 is 2.42 bits per heavy atom. The van der Waals surface area contributed by atoms with Gasteiger partial charge in [-0.3, -0.25) is 25.0 Å². The summed E-state index contributed by atoms with van der Waals surface area (Å²) in [6.07, 6.45) is 0. The highest BCUT2D eigenvalue weighted by atomic mass is 16.6. The molecule has 0 bridgehead atoms. The maximum absolute atomic E-state index is 11.1. The van der Waals surface area contributed by atoms with Crippen LogP contribution in [0.15, 0.2) is 18.2 Å². The average molecular weight is 269 g/mol. The average Bonchev–Trinajstić information content (AvgIpc) is 2.37. The monoisotopic (exact) mass is 269 g/mol. The molecule has 0 aliphatic rings. The molecule has 0 amide bonds. The number of ether oxygens (including phenoxy) is 1. The molecule has 0 saturated carbocycles. The molecule has 0 aromatic heterocycles. The van der Waals surface area contributed by atoms with Gasteiger partial charge in [0.2, 0.25) is 0 Å². The first-order chi connectivity index (χ1) is 8.86. The lowest BCUT2D eigenvalue weighted by molar-refractivity contribution is -0.393. The summed E-state index contributed by atoms with van der Waals surface area (Å²) in [5.74, 6) is -0.574. The molecular weight excluding hydrogens is 258 g/mol. The van der Waals surface area contributed by atoms with E-state index in [9.17, 15) is 25.0 Å². The molecule has 0 radical (unpaired) electrons. The van der Waals surface area contributed by atoms with E-state index in [1.165, 1.54) is 25.1 Å². The Labute approximate surface area is 107 Å². The molecule has 0 saturated heterocycles. The first kappa shape index (κ1) is 14.4. The van der Waals surface area contributed by atoms with E-state index in [1.807, 2.05) is 0 Å². The number of likely N-dealkylation sites (N-methyl/N-ethyl adjacent to an activating group) is 1. The van der Waals surface area contributed by atoms with Crippen molar-refractivity contribution >= 4 is 23.0 Å². The third kappa shape index (κ3) is 3.37. The maximum Gasteiger partial charge on any atom is 0.325 e. The third-order valence-electron chi connectivity index (χ3n) is 2.37.